The first-order valence-electron chi connectivity index (χ1n) is 12.6. The molecule has 2 saturated heterocycles. The van der Waals surface area contributed by atoms with Crippen molar-refractivity contribution in [1.29, 1.82) is 0 Å². The van der Waals surface area contributed by atoms with Gasteiger partial charge in [0.2, 0.25) is 5.91 Å². The molecule has 8 nitrogen and oxygen atoms in total. The predicted octanol–water partition coefficient (Wildman–Crippen LogP) is 4.46. The summed E-state index contributed by atoms with van der Waals surface area (Å²) in [5, 5.41) is 9.03. The van der Waals surface area contributed by atoms with E-state index in [4.69, 9.17) is 16.3 Å². The van der Waals surface area contributed by atoms with E-state index in [1.165, 1.54) is 0 Å². The van der Waals surface area contributed by atoms with Gasteiger partial charge in [0, 0.05) is 27.4 Å². The third-order valence-electron chi connectivity index (χ3n) is 7.83. The molecular weight excluding hydrogens is 478 g/mol. The molecule has 0 bridgehead atoms. The Morgan fingerprint density at radius 1 is 1.22 bits per heavy atom. The number of amides is 2. The van der Waals surface area contributed by atoms with Crippen LogP contribution in [0.25, 0.3) is 10.9 Å². The average molecular weight is 508 g/mol. The highest BCUT2D eigenvalue weighted by molar-refractivity contribution is 6.31. The third kappa shape index (κ3) is 4.17. The van der Waals surface area contributed by atoms with Crippen molar-refractivity contribution in [2.75, 3.05) is 18.5 Å². The Labute approximate surface area is 214 Å². The Kier molecular flexibility index (Phi) is 5.98. The molecule has 3 aromatic rings. The van der Waals surface area contributed by atoms with Crippen LogP contribution in [0.2, 0.25) is 5.02 Å². The molecule has 0 spiro atoms. The lowest BCUT2D eigenvalue weighted by atomic mass is 9.72. The molecule has 1 aromatic heterocycles. The predicted molar refractivity (Wildman–Crippen MR) is 138 cm³/mol. The quantitative estimate of drug-likeness (QED) is 0.473. The van der Waals surface area contributed by atoms with E-state index in [2.05, 4.69) is 28.2 Å². The van der Waals surface area contributed by atoms with Crippen molar-refractivity contribution >= 4 is 40.0 Å². The van der Waals surface area contributed by atoms with Gasteiger partial charge in [0.15, 0.2) is 5.69 Å². The molecule has 3 unspecified atom stereocenters. The number of ether oxygens (including phenoxy) is 1. The van der Waals surface area contributed by atoms with Gasteiger partial charge in [-0.1, -0.05) is 55.6 Å². The number of halogens is 1. The molecule has 6 rings (SSSR count). The van der Waals surface area contributed by atoms with Crippen LogP contribution in [0.4, 0.5) is 5.69 Å². The summed E-state index contributed by atoms with van der Waals surface area (Å²) in [6.45, 7) is 4.23. The van der Waals surface area contributed by atoms with E-state index in [0.717, 1.165) is 42.1 Å². The molecule has 3 atom stereocenters. The molecule has 2 aliphatic heterocycles. The number of fused-ring (bicyclic) bond motifs is 2. The first kappa shape index (κ1) is 23.5. The Hall–Kier alpha value is -2.94. The Bertz CT molecular complexity index is 1330. The fraction of sp³-hybridized carbons (Fsp3) is 0.444. The number of para-hydroxylation sites is 1. The van der Waals surface area contributed by atoms with E-state index < -0.39 is 0 Å². The minimum absolute atomic E-state index is 0.0117. The lowest BCUT2D eigenvalue weighted by Crippen LogP contribution is -2.55. The molecular formula is C27H30ClN5O3. The number of nitrogens with zero attached hydrogens (tertiary/aromatic N) is 2. The molecule has 9 heteroatoms. The maximum Gasteiger partial charge on any atom is 0.276 e. The molecule has 1 saturated carbocycles. The maximum absolute atomic E-state index is 13.3. The number of carbonyl (C=O) groups excluding carboxylic acids is 2. The summed E-state index contributed by atoms with van der Waals surface area (Å²) in [5.41, 5.74) is 8.87. The lowest BCUT2D eigenvalue weighted by Gasteiger charge is -2.41. The molecule has 188 valence electrons. The minimum Gasteiger partial charge on any atom is -0.380 e. The van der Waals surface area contributed by atoms with Crippen LogP contribution >= 0.6 is 11.6 Å². The number of hydrogen-bond donors (Lipinski definition) is 3. The summed E-state index contributed by atoms with van der Waals surface area (Å²) >= 11 is 6.72. The number of rotatable bonds is 5. The zero-order chi connectivity index (χ0) is 24.9. The number of hydrogen-bond acceptors (Lipinski definition) is 5. The van der Waals surface area contributed by atoms with Crippen molar-refractivity contribution < 1.29 is 14.3 Å². The zero-order valence-electron chi connectivity index (χ0n) is 20.2. The standard InChI is InChI=1S/C27H30ClN5O3/c1-27(14-36-15-27)13-33-22-9-5-4-8-20(22)24(32-33)26(35)29-16-10-11-19(21(28)12-16)23-17-6-2-3-7-18(17)25(34)31-30-23/h4-5,8-12,17-18,23,30H,2-3,6-7,13-15H2,1H3,(H,29,35)(H,31,34). The summed E-state index contributed by atoms with van der Waals surface area (Å²) in [7, 11) is 0. The zero-order valence-corrected chi connectivity index (χ0v) is 21.0. The van der Waals surface area contributed by atoms with E-state index in [0.29, 0.717) is 36.2 Å². The highest BCUT2D eigenvalue weighted by Gasteiger charge is 2.41. The smallest absolute Gasteiger partial charge is 0.276 e. The van der Waals surface area contributed by atoms with Gasteiger partial charge in [-0.15, -0.1) is 0 Å². The van der Waals surface area contributed by atoms with Crippen LogP contribution < -0.4 is 16.2 Å². The summed E-state index contributed by atoms with van der Waals surface area (Å²) in [4.78, 5) is 25.6. The fourth-order valence-corrected chi connectivity index (χ4v) is 6.21. The first-order valence-corrected chi connectivity index (χ1v) is 13.0. The third-order valence-corrected chi connectivity index (χ3v) is 8.16. The normalized spacial score (nSPS) is 25.1. The van der Waals surface area contributed by atoms with Crippen LogP contribution in [0.3, 0.4) is 0 Å². The van der Waals surface area contributed by atoms with Gasteiger partial charge in [-0.3, -0.25) is 19.7 Å². The molecule has 3 aliphatic rings. The average Bonchev–Trinajstić information content (AvgIpc) is 3.22. The van der Waals surface area contributed by atoms with Gasteiger partial charge in [-0.2, -0.15) is 5.10 Å². The topological polar surface area (TPSA) is 97.3 Å². The maximum atomic E-state index is 13.3. The van der Waals surface area contributed by atoms with E-state index >= 15 is 0 Å². The molecule has 0 radical (unpaired) electrons. The largest absolute Gasteiger partial charge is 0.380 e. The van der Waals surface area contributed by atoms with Gasteiger partial charge in [0.25, 0.3) is 5.91 Å². The van der Waals surface area contributed by atoms with E-state index in [-0.39, 0.29) is 35.1 Å². The van der Waals surface area contributed by atoms with E-state index in [9.17, 15) is 9.59 Å². The van der Waals surface area contributed by atoms with Crippen LogP contribution in [0.15, 0.2) is 42.5 Å². The van der Waals surface area contributed by atoms with Crippen LogP contribution in [0, 0.1) is 17.3 Å². The number of aromatic nitrogens is 2. The van der Waals surface area contributed by atoms with Crippen molar-refractivity contribution in [2.45, 2.75) is 45.2 Å². The van der Waals surface area contributed by atoms with Crippen molar-refractivity contribution in [3.05, 3.63) is 58.7 Å². The van der Waals surface area contributed by atoms with Gasteiger partial charge >= 0.3 is 0 Å². The van der Waals surface area contributed by atoms with Crippen LogP contribution in [0.5, 0.6) is 0 Å². The highest BCUT2D eigenvalue weighted by atomic mass is 35.5. The van der Waals surface area contributed by atoms with Gasteiger partial charge in [-0.25, -0.2) is 5.43 Å². The van der Waals surface area contributed by atoms with Crippen LogP contribution in [-0.2, 0) is 16.1 Å². The molecule has 3 fully saturated rings. The van der Waals surface area contributed by atoms with Crippen molar-refractivity contribution in [2.24, 2.45) is 17.3 Å². The van der Waals surface area contributed by atoms with Crippen molar-refractivity contribution in [3.8, 4) is 0 Å². The Balaban J connectivity index is 1.23. The molecule has 2 aromatic carbocycles. The van der Waals surface area contributed by atoms with Crippen molar-refractivity contribution in [1.82, 2.24) is 20.6 Å². The lowest BCUT2D eigenvalue weighted by molar-refractivity contribution is -0.133. The Morgan fingerprint density at radius 2 is 2.03 bits per heavy atom. The molecule has 3 heterocycles. The number of nitrogens with one attached hydrogen (secondary N) is 3. The van der Waals surface area contributed by atoms with E-state index in [1.807, 2.05) is 41.1 Å². The highest BCUT2D eigenvalue weighted by Crippen LogP contribution is 2.42. The second kappa shape index (κ2) is 9.18. The summed E-state index contributed by atoms with van der Waals surface area (Å²) in [6.07, 6.45) is 4.10. The van der Waals surface area contributed by atoms with E-state index in [1.54, 1.807) is 6.07 Å². The van der Waals surface area contributed by atoms with Gasteiger partial charge in [0.1, 0.15) is 0 Å². The van der Waals surface area contributed by atoms with Crippen molar-refractivity contribution in [3.63, 3.8) is 0 Å². The molecule has 36 heavy (non-hydrogen) atoms. The van der Waals surface area contributed by atoms with Crippen LogP contribution in [-0.4, -0.2) is 34.8 Å². The number of benzene rings is 2. The minimum atomic E-state index is -0.279. The molecule has 2 amide bonds. The molecule has 1 aliphatic carbocycles. The summed E-state index contributed by atoms with van der Waals surface area (Å²) < 4.78 is 7.31. The summed E-state index contributed by atoms with van der Waals surface area (Å²) in [5.74, 6) is 0.0157. The number of anilines is 1. The number of hydrazine groups is 1. The second-order valence-electron chi connectivity index (χ2n) is 10.7. The van der Waals surface area contributed by atoms with Gasteiger partial charge in [-0.05, 0) is 42.5 Å². The fourth-order valence-electron chi connectivity index (χ4n) is 5.91. The van der Waals surface area contributed by atoms with Gasteiger partial charge in [0.05, 0.1) is 31.3 Å². The van der Waals surface area contributed by atoms with Gasteiger partial charge < -0.3 is 10.1 Å². The SMILES string of the molecule is CC1(Cn2nc(C(=O)Nc3ccc(C4NNC(=O)C5CCCCC54)c(Cl)c3)c3ccccc32)COC1. The Morgan fingerprint density at radius 3 is 2.81 bits per heavy atom. The summed E-state index contributed by atoms with van der Waals surface area (Å²) in [6, 6.07) is 13.3. The first-order chi connectivity index (χ1) is 17.4. The monoisotopic (exact) mass is 507 g/mol. The van der Waals surface area contributed by atoms with Crippen LogP contribution in [0.1, 0.15) is 54.7 Å². The molecule has 3 N–H and O–H groups in total. The second-order valence-corrected chi connectivity index (χ2v) is 11.1. The number of carbonyl (C=O) groups is 2.